The lowest BCUT2D eigenvalue weighted by Gasteiger charge is -2.37. The molecule has 5 rings (SSSR count). The summed E-state index contributed by atoms with van der Waals surface area (Å²) in [6, 6.07) is 10.7. The molecule has 0 bridgehead atoms. The van der Waals surface area contributed by atoms with Gasteiger partial charge < -0.3 is 25.2 Å². The van der Waals surface area contributed by atoms with Gasteiger partial charge in [0.1, 0.15) is 29.8 Å². The van der Waals surface area contributed by atoms with Crippen molar-refractivity contribution >= 4 is 22.9 Å². The number of aryl methyl sites for hydroxylation is 1. The molecule has 36 heavy (non-hydrogen) atoms. The first-order chi connectivity index (χ1) is 17.3. The summed E-state index contributed by atoms with van der Waals surface area (Å²) in [7, 11) is 0. The Morgan fingerprint density at radius 1 is 1.06 bits per heavy atom. The average Bonchev–Trinajstić information content (AvgIpc) is 2.85. The van der Waals surface area contributed by atoms with Crippen LogP contribution in [0.3, 0.4) is 0 Å². The number of aromatic nitrogens is 1. The maximum atomic E-state index is 15.0. The first-order valence-corrected chi connectivity index (χ1v) is 12.2. The third kappa shape index (κ3) is 4.60. The van der Waals surface area contributed by atoms with Gasteiger partial charge in [0, 0.05) is 49.2 Å². The second-order valence-corrected chi connectivity index (χ2v) is 9.54. The zero-order valence-corrected chi connectivity index (χ0v) is 20.9. The highest BCUT2D eigenvalue weighted by atomic mass is 19.1. The average molecular weight is 492 g/mol. The van der Waals surface area contributed by atoms with E-state index in [1.165, 1.54) is 12.3 Å². The van der Waals surface area contributed by atoms with Crippen LogP contribution in [0.25, 0.3) is 11.1 Å². The lowest BCUT2D eigenvalue weighted by atomic mass is 9.99. The van der Waals surface area contributed by atoms with Gasteiger partial charge in [0.2, 0.25) is 0 Å². The Hall–Kier alpha value is -3.65. The molecule has 2 aromatic carbocycles. The quantitative estimate of drug-likeness (QED) is 0.484. The molecule has 3 aromatic rings. The van der Waals surface area contributed by atoms with Crippen molar-refractivity contribution in [1.29, 1.82) is 0 Å². The number of rotatable bonds is 5. The molecule has 6 nitrogen and oxygen atoms in total. The topological polar surface area (TPSA) is 52.7 Å². The zero-order chi connectivity index (χ0) is 25.4. The third-order valence-electron chi connectivity index (χ3n) is 6.60. The molecule has 0 unspecified atom stereocenters. The molecule has 188 valence electrons. The molecule has 0 atom stereocenters. The van der Waals surface area contributed by atoms with Crippen LogP contribution < -0.4 is 25.2 Å². The number of halogens is 2. The van der Waals surface area contributed by atoms with Gasteiger partial charge in [0.15, 0.2) is 0 Å². The molecule has 0 amide bonds. The molecule has 8 heteroatoms. The van der Waals surface area contributed by atoms with Crippen LogP contribution in [-0.4, -0.2) is 43.8 Å². The van der Waals surface area contributed by atoms with Crippen LogP contribution in [0.1, 0.15) is 19.4 Å². The Bertz CT molecular complexity index is 1300. The van der Waals surface area contributed by atoms with Gasteiger partial charge in [-0.1, -0.05) is 6.58 Å². The van der Waals surface area contributed by atoms with Gasteiger partial charge in [-0.2, -0.15) is 0 Å². The van der Waals surface area contributed by atoms with E-state index < -0.39 is 5.82 Å². The molecule has 2 aliphatic rings. The first-order valence-electron chi connectivity index (χ1n) is 12.2. The highest BCUT2D eigenvalue weighted by Crippen LogP contribution is 2.42. The van der Waals surface area contributed by atoms with Crippen molar-refractivity contribution in [1.82, 2.24) is 10.3 Å². The largest absolute Gasteiger partial charge is 0.485 e. The monoisotopic (exact) mass is 491 g/mol. The van der Waals surface area contributed by atoms with E-state index in [1.54, 1.807) is 12.1 Å². The fourth-order valence-electron chi connectivity index (χ4n) is 4.94. The van der Waals surface area contributed by atoms with Crippen LogP contribution in [0.2, 0.25) is 0 Å². The Labute approximate surface area is 210 Å². The lowest BCUT2D eigenvalue weighted by Crippen LogP contribution is -2.43. The van der Waals surface area contributed by atoms with E-state index >= 15 is 0 Å². The molecule has 1 fully saturated rings. The summed E-state index contributed by atoms with van der Waals surface area (Å²) in [5.74, 6) is 0.473. The van der Waals surface area contributed by atoms with Crippen LogP contribution in [-0.2, 0) is 0 Å². The van der Waals surface area contributed by atoms with Crippen molar-refractivity contribution in [2.24, 2.45) is 0 Å². The van der Waals surface area contributed by atoms with Crippen LogP contribution in [0.15, 0.2) is 54.9 Å². The molecule has 1 saturated heterocycles. The highest BCUT2D eigenvalue weighted by Gasteiger charge is 2.26. The molecule has 2 aliphatic heterocycles. The summed E-state index contributed by atoms with van der Waals surface area (Å²) in [6.07, 6.45) is 1.19. The van der Waals surface area contributed by atoms with Crippen molar-refractivity contribution < 1.29 is 13.5 Å². The van der Waals surface area contributed by atoms with E-state index in [9.17, 15) is 8.78 Å². The van der Waals surface area contributed by atoms with Gasteiger partial charge in [0.05, 0.1) is 17.6 Å². The Kier molecular flexibility index (Phi) is 6.53. The normalized spacial score (nSPS) is 15.7. The van der Waals surface area contributed by atoms with E-state index in [0.717, 1.165) is 48.9 Å². The predicted molar refractivity (Wildman–Crippen MR) is 141 cm³/mol. The minimum absolute atomic E-state index is 0.174. The summed E-state index contributed by atoms with van der Waals surface area (Å²) in [5.41, 5.74) is 4.88. The summed E-state index contributed by atoms with van der Waals surface area (Å²) < 4.78 is 35.8. The van der Waals surface area contributed by atoms with Crippen molar-refractivity contribution in [3.63, 3.8) is 0 Å². The van der Waals surface area contributed by atoms with Gasteiger partial charge in [0.25, 0.3) is 0 Å². The summed E-state index contributed by atoms with van der Waals surface area (Å²) in [4.78, 5) is 8.34. The number of hydrogen-bond donors (Lipinski definition) is 2. The Morgan fingerprint density at radius 3 is 2.56 bits per heavy atom. The summed E-state index contributed by atoms with van der Waals surface area (Å²) in [6.45, 7) is 13.9. The second kappa shape index (κ2) is 9.78. The van der Waals surface area contributed by atoms with E-state index in [2.05, 4.69) is 40.9 Å². The number of fused-ring (bicyclic) bond motifs is 1. The van der Waals surface area contributed by atoms with E-state index in [0.29, 0.717) is 34.9 Å². The summed E-state index contributed by atoms with van der Waals surface area (Å²) in [5, 5.41) is 6.40. The van der Waals surface area contributed by atoms with Crippen molar-refractivity contribution in [3.8, 4) is 16.9 Å². The SMILES string of the molecule is C=C1COc2c(C)cc(-c3cc(Nc4ccc(N5CCNCC5)c(F)c4)ncc3F)cc2N1C(C)C. The van der Waals surface area contributed by atoms with Gasteiger partial charge in [-0.3, -0.25) is 0 Å². The maximum absolute atomic E-state index is 15.0. The second-order valence-electron chi connectivity index (χ2n) is 9.54. The van der Waals surface area contributed by atoms with Gasteiger partial charge in [-0.15, -0.1) is 0 Å². The molecule has 1 aromatic heterocycles. The maximum Gasteiger partial charge on any atom is 0.149 e. The van der Waals surface area contributed by atoms with Gasteiger partial charge >= 0.3 is 0 Å². The third-order valence-corrected chi connectivity index (χ3v) is 6.60. The fraction of sp³-hybridized carbons (Fsp3) is 0.321. The van der Waals surface area contributed by atoms with Crippen LogP contribution in [0.5, 0.6) is 5.75 Å². The predicted octanol–water partition coefficient (Wildman–Crippen LogP) is 5.61. The number of anilines is 4. The Balaban J connectivity index is 1.45. The molecule has 0 radical (unpaired) electrons. The molecule has 0 aliphatic carbocycles. The van der Waals surface area contributed by atoms with Gasteiger partial charge in [-0.25, -0.2) is 13.8 Å². The van der Waals surface area contributed by atoms with Gasteiger partial charge in [-0.05, 0) is 68.3 Å². The van der Waals surface area contributed by atoms with E-state index in [1.807, 2.05) is 30.0 Å². The first kappa shape index (κ1) is 24.1. The van der Waals surface area contributed by atoms with Crippen LogP contribution in [0, 0.1) is 18.6 Å². The summed E-state index contributed by atoms with van der Waals surface area (Å²) >= 11 is 0. The zero-order valence-electron chi connectivity index (χ0n) is 20.9. The smallest absolute Gasteiger partial charge is 0.149 e. The lowest BCUT2D eigenvalue weighted by molar-refractivity contribution is 0.330. The van der Waals surface area contributed by atoms with Crippen molar-refractivity contribution in [2.45, 2.75) is 26.8 Å². The van der Waals surface area contributed by atoms with E-state index in [-0.39, 0.29) is 11.9 Å². The van der Waals surface area contributed by atoms with Crippen molar-refractivity contribution in [3.05, 3.63) is 72.1 Å². The molecule has 0 saturated carbocycles. The fourth-order valence-corrected chi connectivity index (χ4v) is 4.94. The standard InChI is InChI=1S/C28H31F2N5O/c1-17(2)35-19(4)16-36-28-18(3)11-20(12-26(28)35)22-14-27(32-15-24(22)30)33-21-5-6-25(23(29)13-21)34-9-7-31-8-10-34/h5-6,11-15,17,31H,4,7-10,16H2,1-3H3,(H,32,33). The Morgan fingerprint density at radius 2 is 1.83 bits per heavy atom. The molecule has 2 N–H and O–H groups in total. The van der Waals surface area contributed by atoms with E-state index in [4.69, 9.17) is 4.74 Å². The molecule has 3 heterocycles. The minimum atomic E-state index is -0.438. The number of nitrogens with zero attached hydrogens (tertiary/aromatic N) is 3. The van der Waals surface area contributed by atoms with Crippen LogP contribution in [0.4, 0.5) is 31.7 Å². The van der Waals surface area contributed by atoms with Crippen LogP contribution >= 0.6 is 0 Å². The molecule has 0 spiro atoms. The number of hydrogen-bond acceptors (Lipinski definition) is 6. The number of ether oxygens (including phenoxy) is 1. The number of pyridine rings is 1. The molecular formula is C28H31F2N5O. The number of piperazine rings is 1. The van der Waals surface area contributed by atoms with Crippen molar-refractivity contribution in [2.75, 3.05) is 47.9 Å². The highest BCUT2D eigenvalue weighted by molar-refractivity contribution is 5.79. The number of benzene rings is 2. The minimum Gasteiger partial charge on any atom is -0.485 e. The number of nitrogens with one attached hydrogen (secondary N) is 2. The molecular weight excluding hydrogens is 460 g/mol.